The van der Waals surface area contributed by atoms with Gasteiger partial charge in [-0.25, -0.2) is 4.39 Å². The van der Waals surface area contributed by atoms with Crippen LogP contribution in [0.3, 0.4) is 0 Å². The normalized spacial score (nSPS) is 11.8. The highest BCUT2D eigenvalue weighted by Gasteiger charge is 2.20. The van der Waals surface area contributed by atoms with E-state index in [2.05, 4.69) is 10.3 Å². The number of halogens is 1. The summed E-state index contributed by atoms with van der Waals surface area (Å²) >= 11 is 0. The van der Waals surface area contributed by atoms with Gasteiger partial charge in [-0.15, -0.1) is 0 Å². The first-order valence-electron chi connectivity index (χ1n) is 6.42. The van der Waals surface area contributed by atoms with Crippen LogP contribution >= 0.6 is 0 Å². The fourth-order valence-corrected chi connectivity index (χ4v) is 1.94. The van der Waals surface area contributed by atoms with E-state index in [1.54, 1.807) is 6.07 Å². The molecule has 0 fully saturated rings. The molecule has 0 unspecified atom stereocenters. The molecule has 0 atom stereocenters. The van der Waals surface area contributed by atoms with Crippen LogP contribution in [0.5, 0.6) is 0 Å². The van der Waals surface area contributed by atoms with E-state index in [9.17, 15) is 9.18 Å². The van der Waals surface area contributed by atoms with Gasteiger partial charge in [0.15, 0.2) is 0 Å². The van der Waals surface area contributed by atoms with Gasteiger partial charge >= 0.3 is 0 Å². The number of carbonyl (C=O) groups excluding carboxylic acids is 1. The smallest absolute Gasteiger partial charge is 0.225 e. The van der Waals surface area contributed by atoms with E-state index < -0.39 is 0 Å². The topological polar surface area (TPSA) is 44.9 Å². The third kappa shape index (κ3) is 3.13. The van der Waals surface area contributed by atoms with Gasteiger partial charge in [-0.1, -0.05) is 20.8 Å². The number of benzene rings is 1. The molecule has 1 aromatic heterocycles. The second-order valence-electron chi connectivity index (χ2n) is 5.76. The fourth-order valence-electron chi connectivity index (χ4n) is 1.94. The molecule has 0 radical (unpaired) electrons. The summed E-state index contributed by atoms with van der Waals surface area (Å²) in [5, 5.41) is 3.92. The van der Waals surface area contributed by atoms with Gasteiger partial charge in [0.1, 0.15) is 5.82 Å². The minimum atomic E-state index is -0.372. The van der Waals surface area contributed by atoms with Crippen molar-refractivity contribution >= 4 is 16.8 Å². The number of rotatable bonds is 3. The van der Waals surface area contributed by atoms with Gasteiger partial charge in [0.2, 0.25) is 5.91 Å². The molecule has 2 N–H and O–H groups in total. The molecule has 19 heavy (non-hydrogen) atoms. The Kier molecular flexibility index (Phi) is 3.60. The summed E-state index contributed by atoms with van der Waals surface area (Å²) in [5.41, 5.74) is 1.50. The van der Waals surface area contributed by atoms with Gasteiger partial charge in [-0.05, 0) is 30.2 Å². The van der Waals surface area contributed by atoms with Gasteiger partial charge in [0, 0.05) is 29.1 Å². The average Bonchev–Trinajstić information content (AvgIpc) is 2.70. The van der Waals surface area contributed by atoms with Crippen LogP contribution in [0, 0.1) is 11.2 Å². The van der Waals surface area contributed by atoms with Crippen LogP contribution in [0.25, 0.3) is 10.9 Å². The van der Waals surface area contributed by atoms with Gasteiger partial charge < -0.3 is 10.3 Å². The van der Waals surface area contributed by atoms with Crippen LogP contribution in [0.15, 0.2) is 24.4 Å². The summed E-state index contributed by atoms with van der Waals surface area (Å²) in [5.74, 6) is -0.208. The maximum atomic E-state index is 13.1. The van der Waals surface area contributed by atoms with Crippen molar-refractivity contribution in [1.29, 1.82) is 0 Å². The van der Waals surface area contributed by atoms with Crippen LogP contribution in [-0.4, -0.2) is 17.4 Å². The molecule has 4 heteroatoms. The van der Waals surface area contributed by atoms with Crippen LogP contribution < -0.4 is 5.32 Å². The minimum Gasteiger partial charge on any atom is -0.361 e. The lowest BCUT2D eigenvalue weighted by Gasteiger charge is -2.17. The summed E-state index contributed by atoms with van der Waals surface area (Å²) in [4.78, 5) is 14.8. The van der Waals surface area contributed by atoms with Crippen LogP contribution in [-0.2, 0) is 11.2 Å². The number of H-pyrrole nitrogens is 1. The average molecular weight is 262 g/mol. The van der Waals surface area contributed by atoms with Crippen molar-refractivity contribution in [1.82, 2.24) is 10.3 Å². The molecule has 0 aliphatic carbocycles. The Hall–Kier alpha value is -1.84. The lowest BCUT2D eigenvalue weighted by molar-refractivity contribution is -0.128. The highest BCUT2D eigenvalue weighted by Crippen LogP contribution is 2.19. The number of amides is 1. The molecule has 0 aliphatic rings. The Morgan fingerprint density at radius 3 is 2.79 bits per heavy atom. The molecule has 0 aliphatic heterocycles. The Morgan fingerprint density at radius 1 is 1.37 bits per heavy atom. The molecule has 1 aromatic carbocycles. The number of nitrogens with one attached hydrogen (secondary N) is 2. The summed E-state index contributed by atoms with van der Waals surface area (Å²) in [6.07, 6.45) is 2.60. The largest absolute Gasteiger partial charge is 0.361 e. The van der Waals surface area contributed by atoms with Gasteiger partial charge in [0.25, 0.3) is 0 Å². The van der Waals surface area contributed by atoms with Crippen LogP contribution in [0.1, 0.15) is 26.3 Å². The standard InChI is InChI=1S/C15H19FN2O/c1-15(2,3)14(19)17-7-6-10-9-18-13-8-11(16)4-5-12(10)13/h4-5,8-9,18H,6-7H2,1-3H3,(H,17,19). The van der Waals surface area contributed by atoms with Gasteiger partial charge in [-0.2, -0.15) is 0 Å². The van der Waals surface area contributed by atoms with E-state index in [4.69, 9.17) is 0 Å². The zero-order valence-electron chi connectivity index (χ0n) is 11.5. The van der Waals surface area contributed by atoms with Crippen LogP contribution in [0.2, 0.25) is 0 Å². The Balaban J connectivity index is 2.01. The van der Waals surface area contributed by atoms with E-state index >= 15 is 0 Å². The highest BCUT2D eigenvalue weighted by molar-refractivity contribution is 5.83. The molecule has 0 bridgehead atoms. The van der Waals surface area contributed by atoms with Crippen molar-refractivity contribution < 1.29 is 9.18 Å². The van der Waals surface area contributed by atoms with Crippen molar-refractivity contribution in [3.63, 3.8) is 0 Å². The fraction of sp³-hybridized carbons (Fsp3) is 0.400. The van der Waals surface area contributed by atoms with E-state index in [0.29, 0.717) is 6.54 Å². The third-order valence-electron chi connectivity index (χ3n) is 3.09. The molecule has 3 nitrogen and oxygen atoms in total. The first kappa shape index (κ1) is 13.6. The summed E-state index contributed by atoms with van der Waals surface area (Å²) in [7, 11) is 0. The maximum absolute atomic E-state index is 13.1. The first-order valence-corrected chi connectivity index (χ1v) is 6.42. The summed E-state index contributed by atoms with van der Waals surface area (Å²) in [6.45, 7) is 6.24. The lowest BCUT2D eigenvalue weighted by atomic mass is 9.95. The molecule has 1 heterocycles. The Bertz CT molecular complexity index is 596. The summed E-state index contributed by atoms with van der Waals surface area (Å²) < 4.78 is 13.1. The number of hydrogen-bond acceptors (Lipinski definition) is 1. The van der Waals surface area contributed by atoms with Crippen molar-refractivity contribution in [2.24, 2.45) is 5.41 Å². The van der Waals surface area contributed by atoms with Crippen molar-refractivity contribution in [2.75, 3.05) is 6.54 Å². The van der Waals surface area contributed by atoms with Crippen molar-refractivity contribution in [3.8, 4) is 0 Å². The predicted molar refractivity (Wildman–Crippen MR) is 74.4 cm³/mol. The minimum absolute atomic E-state index is 0.0402. The molecular formula is C15H19FN2O. The van der Waals surface area contributed by atoms with E-state index in [0.717, 1.165) is 22.9 Å². The van der Waals surface area contributed by atoms with E-state index in [1.165, 1.54) is 12.1 Å². The molecule has 0 saturated carbocycles. The molecule has 2 aromatic rings. The van der Waals surface area contributed by atoms with Crippen molar-refractivity contribution in [2.45, 2.75) is 27.2 Å². The summed E-state index contributed by atoms with van der Waals surface area (Å²) in [6, 6.07) is 4.70. The second-order valence-corrected chi connectivity index (χ2v) is 5.76. The number of aromatic nitrogens is 1. The van der Waals surface area contributed by atoms with Gasteiger partial charge in [0.05, 0.1) is 0 Å². The number of carbonyl (C=O) groups is 1. The molecule has 0 spiro atoms. The highest BCUT2D eigenvalue weighted by atomic mass is 19.1. The Morgan fingerprint density at radius 2 is 2.11 bits per heavy atom. The SMILES string of the molecule is CC(C)(C)C(=O)NCCc1c[nH]c2cc(F)ccc12. The zero-order valence-corrected chi connectivity index (χ0v) is 11.5. The molecule has 2 rings (SSSR count). The number of aromatic amines is 1. The Labute approximate surface area is 112 Å². The number of fused-ring (bicyclic) bond motifs is 1. The number of hydrogen-bond donors (Lipinski definition) is 2. The molecule has 0 saturated heterocycles. The lowest BCUT2D eigenvalue weighted by Crippen LogP contribution is -2.35. The van der Waals surface area contributed by atoms with E-state index in [-0.39, 0.29) is 17.1 Å². The maximum Gasteiger partial charge on any atom is 0.225 e. The van der Waals surface area contributed by atoms with Crippen LogP contribution in [0.4, 0.5) is 4.39 Å². The zero-order chi connectivity index (χ0) is 14.0. The quantitative estimate of drug-likeness (QED) is 0.877. The predicted octanol–water partition coefficient (Wildman–Crippen LogP) is 3.01. The monoisotopic (exact) mass is 262 g/mol. The van der Waals surface area contributed by atoms with Gasteiger partial charge in [-0.3, -0.25) is 4.79 Å². The first-order chi connectivity index (χ1) is 8.88. The third-order valence-corrected chi connectivity index (χ3v) is 3.09. The molecule has 102 valence electrons. The molecular weight excluding hydrogens is 243 g/mol. The van der Waals surface area contributed by atoms with Crippen molar-refractivity contribution in [3.05, 3.63) is 35.8 Å². The second kappa shape index (κ2) is 5.03. The van der Waals surface area contributed by atoms with E-state index in [1.807, 2.05) is 27.0 Å². The molecule has 1 amide bonds.